The predicted octanol–water partition coefficient (Wildman–Crippen LogP) is 16.0. The van der Waals surface area contributed by atoms with Crippen molar-refractivity contribution in [2.24, 2.45) is 10.9 Å². The number of aliphatic hydroxyl groups is 1. The molecular formula is C49H45ClF12N10O4S4U. The van der Waals surface area contributed by atoms with Gasteiger partial charge in [-0.1, -0.05) is 50.8 Å². The molecule has 0 radical (unpaired) electrons. The quantitative estimate of drug-likeness (QED) is 0.0169. The Labute approximate surface area is 498 Å². The van der Waals surface area contributed by atoms with Gasteiger partial charge in [-0.15, -0.1) is 11.3 Å². The smallest absolute Gasteiger partial charge is 0.411 e. The number of carbonyl (C=O) groups excluding carboxylic acids is 2. The maximum Gasteiger partial charge on any atom is 0.416 e. The normalized spacial score (nSPS) is 11.6. The van der Waals surface area contributed by atoms with Gasteiger partial charge in [0.25, 0.3) is 0 Å². The third kappa shape index (κ3) is 24.8. The third-order valence-corrected chi connectivity index (χ3v) is 13.7. The topological polar surface area (TPSA) is 227 Å². The summed E-state index contributed by atoms with van der Waals surface area (Å²) in [5.41, 5.74) is 10.4. The van der Waals surface area contributed by atoms with Crippen LogP contribution in [0.2, 0.25) is 4.47 Å². The number of ketones is 2. The van der Waals surface area contributed by atoms with Crippen molar-refractivity contribution < 1.29 is 104 Å². The first kappa shape index (κ1) is 70.9. The summed E-state index contributed by atoms with van der Waals surface area (Å²) < 4.78 is 148. The van der Waals surface area contributed by atoms with Crippen LogP contribution in [0.15, 0.2) is 127 Å². The molecule has 0 fully saturated rings. The van der Waals surface area contributed by atoms with Crippen LogP contribution in [-0.4, -0.2) is 54.6 Å². The molecule has 434 valence electrons. The van der Waals surface area contributed by atoms with E-state index in [2.05, 4.69) is 41.0 Å². The first-order valence-corrected chi connectivity index (χ1v) is 25.6. The fourth-order valence-electron chi connectivity index (χ4n) is 5.28. The summed E-state index contributed by atoms with van der Waals surface area (Å²) >= 11 is 10.4. The Balaban J connectivity index is 0.000000351. The van der Waals surface area contributed by atoms with Gasteiger partial charge >= 0.3 is 24.7 Å². The molecular weight excluding hydrogens is 1420 g/mol. The van der Waals surface area contributed by atoms with Crippen molar-refractivity contribution in [2.75, 3.05) is 28.8 Å². The number of aromatic nitrogens is 4. The molecule has 8 rings (SSSR count). The molecule has 1 atom stereocenters. The van der Waals surface area contributed by atoms with Gasteiger partial charge in [-0.2, -0.15) is 52.7 Å². The standard InChI is InChI=1S/C12H10F3N3OS.C12H12F3N3S.C12H9F3N2OS.C7H6F3N.C5H4ClNOS.CH4O.U/c1-7(18-19)10-6-16-11(20-10)17-9-4-2-8(3-5-9)12(13,14)15;1-7(16)10-6-17-11(19-10)18-9-4-2-8(3-5-9)12(13,14)15;1-7(18)10-6-16-11(19-10)17-9-4-2-8(3-5-9)12(13,14)15;8-7(9,10)5-1-3-6(11)4-2-5;1-3(8)4-2-7-5(6)9-4;1-2;/h2-6,19H,1H3,(H,16,17);2-7H,16H2,1H3,(H,17,18);2-6H,1H3,(H,16,17);1-4H,11H2;2H,1H3;2H,1H3;. The van der Waals surface area contributed by atoms with Crippen molar-refractivity contribution in [3.8, 4) is 0 Å². The monoisotopic (exact) mass is 1470 g/mol. The summed E-state index contributed by atoms with van der Waals surface area (Å²) in [6.45, 7) is 6.38. The Hall–Kier alpha value is -6.17. The van der Waals surface area contributed by atoms with E-state index in [-0.39, 0.29) is 48.7 Å². The van der Waals surface area contributed by atoms with Crippen LogP contribution in [0.1, 0.15) is 85.1 Å². The van der Waals surface area contributed by atoms with Crippen molar-refractivity contribution in [3.05, 3.63) is 168 Å². The second-order valence-electron chi connectivity index (χ2n) is 15.4. The summed E-state index contributed by atoms with van der Waals surface area (Å²) in [4.78, 5) is 40.2. The van der Waals surface area contributed by atoms with Crippen LogP contribution >= 0.6 is 56.9 Å². The summed E-state index contributed by atoms with van der Waals surface area (Å²) in [5, 5.41) is 28.9. The summed E-state index contributed by atoms with van der Waals surface area (Å²) in [5.74, 6) is -0.0858. The van der Waals surface area contributed by atoms with E-state index in [1.165, 1.54) is 115 Å². The van der Waals surface area contributed by atoms with Gasteiger partial charge in [-0.3, -0.25) is 9.59 Å². The number of nitrogens with two attached hydrogens (primary N) is 2. The number of oxime groups is 1. The number of rotatable bonds is 10. The number of hydrogen-bond donors (Lipinski definition) is 7. The molecule has 4 aromatic heterocycles. The average Bonchev–Trinajstić information content (AvgIpc) is 4.24. The van der Waals surface area contributed by atoms with Crippen molar-refractivity contribution in [1.82, 2.24) is 19.9 Å². The van der Waals surface area contributed by atoms with Gasteiger partial charge in [0.05, 0.1) is 55.0 Å². The van der Waals surface area contributed by atoms with Crippen LogP contribution in [0.3, 0.4) is 0 Å². The Kier molecular flexibility index (Phi) is 28.4. The van der Waals surface area contributed by atoms with Gasteiger partial charge in [-0.05, 0) is 111 Å². The molecule has 0 saturated heterocycles. The summed E-state index contributed by atoms with van der Waals surface area (Å²) in [7, 11) is 1.00. The minimum atomic E-state index is -4.35. The van der Waals surface area contributed by atoms with E-state index in [9.17, 15) is 62.3 Å². The molecule has 81 heavy (non-hydrogen) atoms. The maximum atomic E-state index is 12.4. The van der Waals surface area contributed by atoms with Crippen LogP contribution in [-0.2, 0) is 24.7 Å². The molecule has 0 aliphatic heterocycles. The zero-order valence-corrected chi connectivity index (χ0v) is 50.5. The minimum Gasteiger partial charge on any atom is -0.411 e. The number of hydrogen-bond acceptors (Lipinski definition) is 18. The third-order valence-electron chi connectivity index (χ3n) is 9.29. The fraction of sp³-hybridized carbons (Fsp3) is 0.204. The first-order valence-electron chi connectivity index (χ1n) is 22.0. The summed E-state index contributed by atoms with van der Waals surface area (Å²) in [6.07, 6.45) is -11.2. The van der Waals surface area contributed by atoms with Crippen molar-refractivity contribution in [1.29, 1.82) is 0 Å². The van der Waals surface area contributed by atoms with Crippen LogP contribution in [0.5, 0.6) is 0 Å². The zero-order chi connectivity index (χ0) is 60.2. The van der Waals surface area contributed by atoms with Crippen molar-refractivity contribution in [2.45, 2.75) is 58.4 Å². The van der Waals surface area contributed by atoms with Crippen molar-refractivity contribution >= 4 is 112 Å². The largest absolute Gasteiger partial charge is 0.416 e. The van der Waals surface area contributed by atoms with Crippen LogP contribution in [0.25, 0.3) is 0 Å². The first-order chi connectivity index (χ1) is 37.3. The fourth-order valence-corrected chi connectivity index (χ4v) is 8.42. The number of benzene rings is 4. The molecule has 1 unspecified atom stereocenters. The van der Waals surface area contributed by atoms with Crippen molar-refractivity contribution in [3.63, 3.8) is 0 Å². The van der Waals surface area contributed by atoms with Gasteiger partial charge < -0.3 is 37.7 Å². The van der Waals surface area contributed by atoms with E-state index >= 15 is 0 Å². The van der Waals surface area contributed by atoms with Gasteiger partial charge in [0.15, 0.2) is 31.4 Å². The van der Waals surface area contributed by atoms with E-state index < -0.39 is 47.0 Å². The number of halogens is 13. The number of Topliss-reactive ketones (excluding diaryl/α,β-unsaturated/α-hetero) is 2. The average molecular weight is 1470 g/mol. The van der Waals surface area contributed by atoms with Crippen LogP contribution in [0, 0.1) is 31.1 Å². The number of nitrogens with one attached hydrogen (secondary N) is 3. The molecule has 14 nitrogen and oxygen atoms in total. The summed E-state index contributed by atoms with van der Waals surface area (Å²) in [6, 6.07) is 18.3. The van der Waals surface area contributed by atoms with Gasteiger partial charge in [0.2, 0.25) is 0 Å². The number of anilines is 7. The number of alkyl halides is 12. The molecule has 8 aromatic rings. The molecule has 9 N–H and O–H groups in total. The molecule has 4 aromatic carbocycles. The number of aliphatic hydroxyl groups excluding tert-OH is 1. The molecule has 4 heterocycles. The molecule has 0 saturated carbocycles. The van der Waals surface area contributed by atoms with E-state index in [4.69, 9.17) is 33.4 Å². The Morgan fingerprint density at radius 3 is 1.09 bits per heavy atom. The zero-order valence-electron chi connectivity index (χ0n) is 42.3. The number of nitrogen functional groups attached to an aromatic ring is 1. The van der Waals surface area contributed by atoms with E-state index in [0.29, 0.717) is 63.0 Å². The maximum absolute atomic E-state index is 12.4. The molecule has 0 spiro atoms. The SMILES string of the molecule is CC(=NO)c1cnc(Nc2ccc(C(F)(F)F)cc2)s1.CC(=O)c1cnc(Cl)s1.CC(=O)c1cnc(Nc2ccc(C(F)(F)F)cc2)s1.CC(N)c1cnc(Nc2ccc(C(F)(F)F)cc2)s1.CO.Nc1ccc(C(F)(F)F)cc1.[U]. The van der Waals surface area contributed by atoms with Gasteiger partial charge in [0.1, 0.15) is 0 Å². The van der Waals surface area contributed by atoms with Gasteiger partial charge in [0, 0.05) is 98.1 Å². The number of nitrogens with zero attached hydrogens (tertiary/aromatic N) is 5. The second kappa shape index (κ2) is 32.5. The Morgan fingerprint density at radius 2 is 0.815 bits per heavy atom. The van der Waals surface area contributed by atoms with Crippen LogP contribution < -0.4 is 27.4 Å². The second-order valence-corrected chi connectivity index (χ2v) is 20.1. The predicted molar refractivity (Wildman–Crippen MR) is 288 cm³/mol. The number of carbonyl (C=O) groups is 2. The molecule has 0 aliphatic rings. The molecule has 0 bridgehead atoms. The molecule has 32 heteroatoms. The number of thiazole rings is 4. The Morgan fingerprint density at radius 1 is 0.519 bits per heavy atom. The van der Waals surface area contributed by atoms with E-state index in [1.807, 2.05) is 6.92 Å². The minimum absolute atomic E-state index is 0. The Bertz CT molecular complexity index is 3210. The van der Waals surface area contributed by atoms with E-state index in [0.717, 1.165) is 71.9 Å². The van der Waals surface area contributed by atoms with E-state index in [1.54, 1.807) is 13.1 Å². The molecule has 0 aliphatic carbocycles. The van der Waals surface area contributed by atoms with Crippen LogP contribution in [0.4, 0.5) is 90.8 Å². The van der Waals surface area contributed by atoms with Gasteiger partial charge in [-0.25, -0.2) is 19.9 Å². The molecule has 0 amide bonds.